The highest BCUT2D eigenvalue weighted by Gasteiger charge is 2.39. The van der Waals surface area contributed by atoms with Crippen LogP contribution in [0.4, 0.5) is 17.1 Å². The summed E-state index contributed by atoms with van der Waals surface area (Å²) in [5, 5.41) is 2.78. The predicted molar refractivity (Wildman–Crippen MR) is 99.7 cm³/mol. The van der Waals surface area contributed by atoms with Crippen molar-refractivity contribution >= 4 is 33.0 Å². The highest BCUT2D eigenvalue weighted by molar-refractivity contribution is 7.92. The summed E-state index contributed by atoms with van der Waals surface area (Å²) < 4.78 is 28.3. The van der Waals surface area contributed by atoms with Gasteiger partial charge in [-0.15, -0.1) is 0 Å². The van der Waals surface area contributed by atoms with Gasteiger partial charge < -0.3 is 10.2 Å². The molecule has 3 rings (SSSR count). The van der Waals surface area contributed by atoms with E-state index in [-0.39, 0.29) is 10.8 Å². The molecule has 7 heteroatoms. The monoisotopic (exact) mass is 359 g/mol. The maximum absolute atomic E-state index is 12.8. The van der Waals surface area contributed by atoms with E-state index >= 15 is 0 Å². The second kappa shape index (κ2) is 5.77. The minimum absolute atomic E-state index is 0.129. The lowest BCUT2D eigenvalue weighted by Crippen LogP contribution is -2.27. The lowest BCUT2D eigenvalue weighted by atomic mass is 9.86. The van der Waals surface area contributed by atoms with Crippen LogP contribution < -0.4 is 14.9 Å². The highest BCUT2D eigenvalue weighted by atomic mass is 32.2. The van der Waals surface area contributed by atoms with Crippen molar-refractivity contribution < 1.29 is 13.2 Å². The number of amides is 1. The quantitative estimate of drug-likeness (QED) is 0.880. The van der Waals surface area contributed by atoms with Crippen molar-refractivity contribution in [2.45, 2.75) is 24.2 Å². The van der Waals surface area contributed by atoms with Crippen LogP contribution in [0.25, 0.3) is 0 Å². The van der Waals surface area contributed by atoms with Crippen LogP contribution in [-0.2, 0) is 20.2 Å². The van der Waals surface area contributed by atoms with E-state index in [2.05, 4.69) is 10.0 Å². The van der Waals surface area contributed by atoms with Crippen molar-refractivity contribution in [1.82, 2.24) is 0 Å². The number of para-hydroxylation sites is 2. The van der Waals surface area contributed by atoms with E-state index in [9.17, 15) is 13.2 Å². The number of sulfonamides is 1. The fourth-order valence-electron chi connectivity index (χ4n) is 2.87. The third-order valence-electron chi connectivity index (χ3n) is 4.42. The van der Waals surface area contributed by atoms with Gasteiger partial charge in [-0.05, 0) is 49.7 Å². The Labute approximate surface area is 147 Å². The molecule has 1 aliphatic heterocycles. The number of anilines is 3. The molecule has 25 heavy (non-hydrogen) atoms. The first-order chi connectivity index (χ1) is 11.6. The van der Waals surface area contributed by atoms with Crippen LogP contribution in [0.3, 0.4) is 0 Å². The molecular formula is C18H21N3O3S. The molecule has 0 aliphatic carbocycles. The Bertz CT molecular complexity index is 950. The van der Waals surface area contributed by atoms with Crippen LogP contribution >= 0.6 is 0 Å². The van der Waals surface area contributed by atoms with Gasteiger partial charge in [0.2, 0.25) is 5.91 Å². The van der Waals surface area contributed by atoms with Gasteiger partial charge >= 0.3 is 0 Å². The molecule has 1 aliphatic rings. The van der Waals surface area contributed by atoms with Crippen LogP contribution in [-0.4, -0.2) is 28.4 Å². The SMILES string of the molecule is CN(C)c1ccccc1NS(=O)(=O)c1ccc2c(c1)C(C)(C)C(=O)N2. The molecule has 0 radical (unpaired) electrons. The van der Waals surface area contributed by atoms with E-state index in [4.69, 9.17) is 0 Å². The van der Waals surface area contributed by atoms with E-state index in [1.807, 2.05) is 31.1 Å². The standard InChI is InChI=1S/C18H21N3O3S/c1-18(2)13-11-12(9-10-14(13)19-17(18)22)25(23,24)20-15-7-5-6-8-16(15)21(3)4/h5-11,20H,1-4H3,(H,19,22). The average Bonchev–Trinajstić information content (AvgIpc) is 2.76. The van der Waals surface area contributed by atoms with Crippen LogP contribution in [0.15, 0.2) is 47.4 Å². The molecule has 2 aromatic rings. The molecule has 0 spiro atoms. The Morgan fingerprint density at radius 2 is 1.76 bits per heavy atom. The molecule has 1 amide bonds. The van der Waals surface area contributed by atoms with Gasteiger partial charge in [0.15, 0.2) is 0 Å². The number of nitrogens with zero attached hydrogens (tertiary/aromatic N) is 1. The largest absolute Gasteiger partial charge is 0.376 e. The van der Waals surface area contributed by atoms with Crippen LogP contribution in [0, 0.1) is 0 Å². The molecule has 0 bridgehead atoms. The Balaban J connectivity index is 2.01. The number of rotatable bonds is 4. The fraction of sp³-hybridized carbons (Fsp3) is 0.278. The molecule has 1 heterocycles. The number of carbonyl (C=O) groups is 1. The second-order valence-corrected chi connectivity index (χ2v) is 8.49. The summed E-state index contributed by atoms with van der Waals surface area (Å²) in [6.45, 7) is 3.55. The number of benzene rings is 2. The third-order valence-corrected chi connectivity index (χ3v) is 5.78. The number of nitrogens with one attached hydrogen (secondary N) is 2. The lowest BCUT2D eigenvalue weighted by Gasteiger charge is -2.19. The van der Waals surface area contributed by atoms with Gasteiger partial charge in [-0.2, -0.15) is 0 Å². The average molecular weight is 359 g/mol. The molecular weight excluding hydrogens is 338 g/mol. The first-order valence-corrected chi connectivity index (χ1v) is 9.36. The Hall–Kier alpha value is -2.54. The number of carbonyl (C=O) groups excluding carboxylic acids is 1. The summed E-state index contributed by atoms with van der Waals surface area (Å²) in [5.74, 6) is -0.136. The number of hydrogen-bond donors (Lipinski definition) is 2. The zero-order valence-corrected chi connectivity index (χ0v) is 15.4. The maximum Gasteiger partial charge on any atom is 0.261 e. The predicted octanol–water partition coefficient (Wildman–Crippen LogP) is 2.78. The molecule has 0 atom stereocenters. The fourth-order valence-corrected chi connectivity index (χ4v) is 3.97. The molecule has 0 aromatic heterocycles. The highest BCUT2D eigenvalue weighted by Crippen LogP contribution is 2.38. The molecule has 0 saturated carbocycles. The van der Waals surface area contributed by atoms with E-state index < -0.39 is 15.4 Å². The Morgan fingerprint density at radius 3 is 2.44 bits per heavy atom. The minimum Gasteiger partial charge on any atom is -0.376 e. The van der Waals surface area contributed by atoms with Gasteiger partial charge in [0.05, 0.1) is 21.7 Å². The van der Waals surface area contributed by atoms with E-state index in [0.29, 0.717) is 16.9 Å². The molecule has 0 unspecified atom stereocenters. The van der Waals surface area contributed by atoms with E-state index in [0.717, 1.165) is 5.69 Å². The molecule has 0 fully saturated rings. The van der Waals surface area contributed by atoms with Crippen LogP contribution in [0.5, 0.6) is 0 Å². The van der Waals surface area contributed by atoms with Gasteiger partial charge in [0, 0.05) is 19.8 Å². The summed E-state index contributed by atoms with van der Waals surface area (Å²) in [6.07, 6.45) is 0. The first kappa shape index (κ1) is 17.3. The van der Waals surface area contributed by atoms with Crippen molar-refractivity contribution in [3.8, 4) is 0 Å². The van der Waals surface area contributed by atoms with Crippen molar-refractivity contribution in [3.63, 3.8) is 0 Å². The number of hydrogen-bond acceptors (Lipinski definition) is 4. The Morgan fingerprint density at radius 1 is 1.08 bits per heavy atom. The summed E-state index contributed by atoms with van der Waals surface area (Å²) in [5.41, 5.74) is 1.84. The molecule has 2 N–H and O–H groups in total. The normalized spacial score (nSPS) is 15.4. The lowest BCUT2D eigenvalue weighted by molar-refractivity contribution is -0.119. The summed E-state index contributed by atoms with van der Waals surface area (Å²) in [4.78, 5) is 14.0. The summed E-state index contributed by atoms with van der Waals surface area (Å²) in [7, 11) is -0.0753. The van der Waals surface area contributed by atoms with Crippen molar-refractivity contribution in [3.05, 3.63) is 48.0 Å². The van der Waals surface area contributed by atoms with Gasteiger partial charge in [-0.25, -0.2) is 8.42 Å². The van der Waals surface area contributed by atoms with Gasteiger partial charge in [-0.3, -0.25) is 9.52 Å². The van der Waals surface area contributed by atoms with Gasteiger partial charge in [-0.1, -0.05) is 12.1 Å². The Kier molecular flexibility index (Phi) is 3.99. The zero-order chi connectivity index (χ0) is 18.4. The van der Waals surface area contributed by atoms with Crippen molar-refractivity contribution in [2.24, 2.45) is 0 Å². The minimum atomic E-state index is -3.77. The topological polar surface area (TPSA) is 78.5 Å². The van der Waals surface area contributed by atoms with Gasteiger partial charge in [0.1, 0.15) is 0 Å². The molecule has 0 saturated heterocycles. The first-order valence-electron chi connectivity index (χ1n) is 7.88. The summed E-state index contributed by atoms with van der Waals surface area (Å²) in [6, 6.07) is 11.9. The molecule has 6 nitrogen and oxygen atoms in total. The van der Waals surface area contributed by atoms with Crippen molar-refractivity contribution in [2.75, 3.05) is 29.0 Å². The maximum atomic E-state index is 12.8. The number of fused-ring (bicyclic) bond motifs is 1. The molecule has 2 aromatic carbocycles. The second-order valence-electron chi connectivity index (χ2n) is 6.80. The van der Waals surface area contributed by atoms with Gasteiger partial charge in [0.25, 0.3) is 10.0 Å². The summed E-state index contributed by atoms with van der Waals surface area (Å²) >= 11 is 0. The van der Waals surface area contributed by atoms with E-state index in [1.165, 1.54) is 6.07 Å². The third kappa shape index (κ3) is 2.95. The van der Waals surface area contributed by atoms with Crippen LogP contribution in [0.1, 0.15) is 19.4 Å². The molecule has 132 valence electrons. The van der Waals surface area contributed by atoms with E-state index in [1.54, 1.807) is 38.1 Å². The van der Waals surface area contributed by atoms with Crippen molar-refractivity contribution in [1.29, 1.82) is 0 Å². The smallest absolute Gasteiger partial charge is 0.261 e. The van der Waals surface area contributed by atoms with Crippen LogP contribution in [0.2, 0.25) is 0 Å². The zero-order valence-electron chi connectivity index (χ0n) is 14.6.